The fourth-order valence-electron chi connectivity index (χ4n) is 3.50. The summed E-state index contributed by atoms with van der Waals surface area (Å²) in [5, 5.41) is 17.4. The highest BCUT2D eigenvalue weighted by Gasteiger charge is 2.31. The molecule has 0 spiro atoms. The van der Waals surface area contributed by atoms with Crippen molar-refractivity contribution in [2.45, 2.75) is 70.1 Å². The fourth-order valence-corrected chi connectivity index (χ4v) is 3.97. The molecule has 1 aromatic rings. The fraction of sp³-hybridized carbons (Fsp3) is 0.652. The standard InChI is InChI=1S/C23H41N9O5S/c1-13(2)9-18(22(36)37)32-21(35)17(10-14-11-27-12-29-14)31-20(34)16(6-8-38-3)30-19(33)15(24)5-4-7-28-23(25)26/h11-13,15-18H,4-10,24H2,1-3H3,(H,27,29)(H,30,33)(H,31,34)(H,32,35)(H,36,37)(H4,25,26,28). The van der Waals surface area contributed by atoms with Gasteiger partial charge in [0, 0.05) is 24.9 Å². The number of amides is 3. The van der Waals surface area contributed by atoms with Crippen molar-refractivity contribution < 1.29 is 24.3 Å². The SMILES string of the molecule is CSCCC(NC(=O)C(N)CCCN=C(N)N)C(=O)NC(Cc1cnc[nH]1)C(=O)NC(CC(C)C)C(=O)O. The Balaban J connectivity index is 2.97. The van der Waals surface area contributed by atoms with E-state index in [1.54, 1.807) is 0 Å². The molecule has 11 N–H and O–H groups in total. The molecule has 1 heterocycles. The van der Waals surface area contributed by atoms with E-state index in [0.717, 1.165) is 0 Å². The van der Waals surface area contributed by atoms with Crippen molar-refractivity contribution in [2.75, 3.05) is 18.6 Å². The number of imidazole rings is 1. The van der Waals surface area contributed by atoms with Crippen molar-refractivity contribution in [3.63, 3.8) is 0 Å². The lowest BCUT2D eigenvalue weighted by Crippen LogP contribution is -2.57. The number of hydrogen-bond donors (Lipinski definition) is 8. The zero-order chi connectivity index (χ0) is 28.7. The third-order valence-corrected chi connectivity index (χ3v) is 6.13. The number of H-pyrrole nitrogens is 1. The second kappa shape index (κ2) is 17.2. The minimum atomic E-state index is -1.17. The van der Waals surface area contributed by atoms with Gasteiger partial charge < -0.3 is 43.2 Å². The summed E-state index contributed by atoms with van der Waals surface area (Å²) in [5.41, 5.74) is 17.1. The monoisotopic (exact) mass is 555 g/mol. The van der Waals surface area contributed by atoms with Gasteiger partial charge in [-0.05, 0) is 43.6 Å². The highest BCUT2D eigenvalue weighted by Crippen LogP contribution is 2.08. The van der Waals surface area contributed by atoms with E-state index in [9.17, 15) is 24.3 Å². The van der Waals surface area contributed by atoms with E-state index >= 15 is 0 Å². The van der Waals surface area contributed by atoms with Gasteiger partial charge in [0.1, 0.15) is 18.1 Å². The zero-order valence-corrected chi connectivity index (χ0v) is 22.9. The predicted molar refractivity (Wildman–Crippen MR) is 146 cm³/mol. The highest BCUT2D eigenvalue weighted by molar-refractivity contribution is 7.98. The summed E-state index contributed by atoms with van der Waals surface area (Å²) < 4.78 is 0. The smallest absolute Gasteiger partial charge is 0.326 e. The lowest BCUT2D eigenvalue weighted by Gasteiger charge is -2.25. The number of hydrogen-bond acceptors (Lipinski definition) is 8. The lowest BCUT2D eigenvalue weighted by atomic mass is 10.0. The number of carbonyl (C=O) groups is 4. The third kappa shape index (κ3) is 12.8. The van der Waals surface area contributed by atoms with E-state index in [-0.39, 0.29) is 24.7 Å². The zero-order valence-electron chi connectivity index (χ0n) is 22.1. The summed E-state index contributed by atoms with van der Waals surface area (Å²) in [4.78, 5) is 61.3. The third-order valence-electron chi connectivity index (χ3n) is 5.48. The molecule has 1 rings (SSSR count). The van der Waals surface area contributed by atoms with Gasteiger partial charge in [-0.25, -0.2) is 9.78 Å². The molecule has 0 aliphatic carbocycles. The summed E-state index contributed by atoms with van der Waals surface area (Å²) >= 11 is 1.49. The van der Waals surface area contributed by atoms with Crippen LogP contribution >= 0.6 is 11.8 Å². The van der Waals surface area contributed by atoms with Gasteiger partial charge in [-0.3, -0.25) is 19.4 Å². The second-order valence-corrected chi connectivity index (χ2v) is 10.3. The number of nitrogens with one attached hydrogen (secondary N) is 4. The van der Waals surface area contributed by atoms with Gasteiger partial charge in [0.25, 0.3) is 0 Å². The maximum atomic E-state index is 13.2. The molecule has 214 valence electrons. The van der Waals surface area contributed by atoms with Crippen LogP contribution in [0.1, 0.15) is 45.2 Å². The Labute approximate surface area is 226 Å². The molecule has 4 atom stereocenters. The Hall–Kier alpha value is -3.33. The van der Waals surface area contributed by atoms with Crippen molar-refractivity contribution in [3.05, 3.63) is 18.2 Å². The average molecular weight is 556 g/mol. The minimum Gasteiger partial charge on any atom is -0.480 e. The van der Waals surface area contributed by atoms with Crippen LogP contribution in [-0.4, -0.2) is 87.4 Å². The normalized spacial score (nSPS) is 14.1. The molecule has 3 amide bonds. The second-order valence-electron chi connectivity index (χ2n) is 9.27. The number of carboxylic acids is 1. The first kappa shape index (κ1) is 32.7. The average Bonchev–Trinajstić information content (AvgIpc) is 3.35. The molecule has 1 aromatic heterocycles. The molecular formula is C23H41N9O5S. The molecule has 0 radical (unpaired) electrons. The Morgan fingerprint density at radius 3 is 2.24 bits per heavy atom. The minimum absolute atomic E-state index is 0.0202. The van der Waals surface area contributed by atoms with Crippen LogP contribution in [-0.2, 0) is 25.6 Å². The van der Waals surface area contributed by atoms with Gasteiger partial charge >= 0.3 is 5.97 Å². The molecule has 0 aromatic carbocycles. The number of carbonyl (C=O) groups excluding carboxylic acids is 3. The number of aromatic nitrogens is 2. The molecule has 0 saturated carbocycles. The summed E-state index contributed by atoms with van der Waals surface area (Å²) in [6.45, 7) is 4.01. The van der Waals surface area contributed by atoms with Gasteiger partial charge in [0.2, 0.25) is 17.7 Å². The molecule has 38 heavy (non-hydrogen) atoms. The van der Waals surface area contributed by atoms with Crippen LogP contribution in [0.2, 0.25) is 0 Å². The van der Waals surface area contributed by atoms with Gasteiger partial charge in [0.05, 0.1) is 12.4 Å². The maximum Gasteiger partial charge on any atom is 0.326 e. The van der Waals surface area contributed by atoms with Gasteiger partial charge in [-0.15, -0.1) is 0 Å². The number of nitrogens with two attached hydrogens (primary N) is 3. The van der Waals surface area contributed by atoms with Crippen LogP contribution < -0.4 is 33.2 Å². The van der Waals surface area contributed by atoms with Crippen LogP contribution in [0.4, 0.5) is 0 Å². The highest BCUT2D eigenvalue weighted by atomic mass is 32.2. The van der Waals surface area contributed by atoms with Crippen LogP contribution in [0.15, 0.2) is 17.5 Å². The molecular weight excluding hydrogens is 514 g/mol. The summed E-state index contributed by atoms with van der Waals surface area (Å²) in [5.74, 6) is -2.41. The van der Waals surface area contributed by atoms with Gasteiger partial charge in [0.15, 0.2) is 5.96 Å². The van der Waals surface area contributed by atoms with Crippen LogP contribution in [0.25, 0.3) is 0 Å². The molecule has 14 nitrogen and oxygen atoms in total. The van der Waals surface area contributed by atoms with Crippen LogP contribution in [0.5, 0.6) is 0 Å². The van der Waals surface area contributed by atoms with E-state index in [1.807, 2.05) is 20.1 Å². The Bertz CT molecular complexity index is 922. The molecule has 0 fully saturated rings. The van der Waals surface area contributed by atoms with E-state index in [1.165, 1.54) is 24.3 Å². The summed E-state index contributed by atoms with van der Waals surface area (Å²) in [6.07, 6.45) is 6.13. The summed E-state index contributed by atoms with van der Waals surface area (Å²) in [6, 6.07) is -4.07. The maximum absolute atomic E-state index is 13.2. The Kier molecular flexibility index (Phi) is 14.8. The van der Waals surface area contributed by atoms with Gasteiger partial charge in [-0.1, -0.05) is 13.8 Å². The van der Waals surface area contributed by atoms with E-state index in [4.69, 9.17) is 17.2 Å². The molecule has 0 aliphatic heterocycles. The summed E-state index contributed by atoms with van der Waals surface area (Å²) in [7, 11) is 0. The van der Waals surface area contributed by atoms with E-state index in [2.05, 4.69) is 30.9 Å². The number of aliphatic imine (C=N–C) groups is 1. The first-order valence-corrected chi connectivity index (χ1v) is 13.7. The number of aliphatic carboxylic acids is 1. The molecule has 0 saturated heterocycles. The molecule has 4 unspecified atom stereocenters. The largest absolute Gasteiger partial charge is 0.480 e. The Morgan fingerprint density at radius 2 is 1.68 bits per heavy atom. The molecule has 0 bridgehead atoms. The topological polar surface area (TPSA) is 244 Å². The number of guanidine groups is 1. The number of aromatic amines is 1. The first-order valence-electron chi connectivity index (χ1n) is 12.4. The number of rotatable bonds is 18. The van der Waals surface area contributed by atoms with Crippen molar-refractivity contribution in [1.29, 1.82) is 0 Å². The predicted octanol–water partition coefficient (Wildman–Crippen LogP) is -1.33. The molecule has 15 heteroatoms. The number of thioether (sulfide) groups is 1. The van der Waals surface area contributed by atoms with Crippen molar-refractivity contribution in [1.82, 2.24) is 25.9 Å². The van der Waals surface area contributed by atoms with Crippen LogP contribution in [0.3, 0.4) is 0 Å². The van der Waals surface area contributed by atoms with Crippen molar-refractivity contribution >= 4 is 41.4 Å². The van der Waals surface area contributed by atoms with E-state index in [0.29, 0.717) is 37.3 Å². The molecule has 0 aliphatic rings. The number of nitrogens with zero attached hydrogens (tertiary/aromatic N) is 2. The van der Waals surface area contributed by atoms with Crippen molar-refractivity contribution in [3.8, 4) is 0 Å². The number of carboxylic acid groups (broad SMARTS) is 1. The van der Waals surface area contributed by atoms with Crippen LogP contribution in [0, 0.1) is 5.92 Å². The Morgan fingerprint density at radius 1 is 1.05 bits per heavy atom. The lowest BCUT2D eigenvalue weighted by molar-refractivity contribution is -0.142. The van der Waals surface area contributed by atoms with E-state index < -0.39 is 47.9 Å². The first-order chi connectivity index (χ1) is 17.9. The van der Waals surface area contributed by atoms with Crippen molar-refractivity contribution in [2.24, 2.45) is 28.1 Å². The quantitative estimate of drug-likeness (QED) is 0.0602. The van der Waals surface area contributed by atoms with Gasteiger partial charge in [-0.2, -0.15) is 11.8 Å².